The fraction of sp³-hybridized carbons (Fsp3) is 0.214. The Morgan fingerprint density at radius 1 is 1.24 bits per heavy atom. The first-order chi connectivity index (χ1) is 9.94. The van der Waals surface area contributed by atoms with Crippen molar-refractivity contribution in [1.82, 2.24) is 9.71 Å². The van der Waals surface area contributed by atoms with Crippen LogP contribution in [-0.4, -0.2) is 26.2 Å². The molecular formula is C14H16BrN3O2S. The average Bonchev–Trinajstić information content (AvgIpc) is 2.43. The van der Waals surface area contributed by atoms with Crippen LogP contribution in [0.5, 0.6) is 0 Å². The van der Waals surface area contributed by atoms with E-state index in [0.717, 1.165) is 22.0 Å². The number of anilines is 1. The number of nitrogens with one attached hydrogen (secondary N) is 2. The summed E-state index contributed by atoms with van der Waals surface area (Å²) in [5.41, 5.74) is 1.81. The van der Waals surface area contributed by atoms with Crippen molar-refractivity contribution in [1.29, 1.82) is 0 Å². The van der Waals surface area contributed by atoms with E-state index in [9.17, 15) is 8.42 Å². The predicted molar refractivity (Wildman–Crippen MR) is 87.6 cm³/mol. The zero-order valence-electron chi connectivity index (χ0n) is 11.5. The molecule has 0 amide bonds. The third kappa shape index (κ3) is 5.45. The van der Waals surface area contributed by atoms with Gasteiger partial charge >= 0.3 is 0 Å². The zero-order valence-corrected chi connectivity index (χ0v) is 13.9. The highest BCUT2D eigenvalue weighted by molar-refractivity contribution is 9.10. The summed E-state index contributed by atoms with van der Waals surface area (Å²) in [7, 11) is -3.24. The maximum atomic E-state index is 11.3. The van der Waals surface area contributed by atoms with Crippen molar-refractivity contribution in [3.05, 3.63) is 58.8 Å². The van der Waals surface area contributed by atoms with Gasteiger partial charge in [-0.15, -0.1) is 0 Å². The summed E-state index contributed by atoms with van der Waals surface area (Å²) < 4.78 is 26.0. The van der Waals surface area contributed by atoms with Gasteiger partial charge in [0, 0.05) is 17.2 Å². The predicted octanol–water partition coefficient (Wildman–Crippen LogP) is 2.55. The Balaban J connectivity index is 2.19. The van der Waals surface area contributed by atoms with Crippen LogP contribution in [0, 0.1) is 0 Å². The highest BCUT2D eigenvalue weighted by atomic mass is 79.9. The fourth-order valence-electron chi connectivity index (χ4n) is 1.86. The molecule has 0 saturated carbocycles. The molecule has 1 aromatic heterocycles. The second-order valence-corrected chi connectivity index (χ2v) is 7.37. The highest BCUT2D eigenvalue weighted by Gasteiger charge is 2.13. The van der Waals surface area contributed by atoms with Gasteiger partial charge in [0.25, 0.3) is 0 Å². The number of hydrogen-bond donors (Lipinski definition) is 2. The van der Waals surface area contributed by atoms with Crippen LogP contribution in [0.2, 0.25) is 0 Å². The number of pyridine rings is 1. The van der Waals surface area contributed by atoms with Gasteiger partial charge in [-0.2, -0.15) is 0 Å². The number of hydrogen-bond acceptors (Lipinski definition) is 4. The number of benzene rings is 1. The van der Waals surface area contributed by atoms with Crippen molar-refractivity contribution in [2.75, 3.05) is 18.1 Å². The molecule has 0 aliphatic rings. The lowest BCUT2D eigenvalue weighted by molar-refractivity contribution is 0.582. The lowest BCUT2D eigenvalue weighted by Crippen LogP contribution is -2.30. The van der Waals surface area contributed by atoms with Crippen LogP contribution < -0.4 is 10.0 Å². The number of halogens is 1. The summed E-state index contributed by atoms with van der Waals surface area (Å²) in [6.07, 6.45) is 4.54. The summed E-state index contributed by atoms with van der Waals surface area (Å²) in [4.78, 5) is 4.09. The van der Waals surface area contributed by atoms with Crippen molar-refractivity contribution in [3.63, 3.8) is 0 Å². The van der Waals surface area contributed by atoms with E-state index in [1.165, 1.54) is 0 Å². The Kier molecular flexibility index (Phi) is 5.33. The molecule has 0 saturated heterocycles. The minimum absolute atomic E-state index is 0.183. The average molecular weight is 370 g/mol. The smallest absolute Gasteiger partial charge is 0.208 e. The van der Waals surface area contributed by atoms with E-state index in [1.54, 1.807) is 12.4 Å². The van der Waals surface area contributed by atoms with E-state index in [4.69, 9.17) is 0 Å². The maximum absolute atomic E-state index is 11.3. The third-order valence-electron chi connectivity index (χ3n) is 2.80. The quantitative estimate of drug-likeness (QED) is 0.820. The van der Waals surface area contributed by atoms with E-state index >= 15 is 0 Å². The van der Waals surface area contributed by atoms with Gasteiger partial charge in [-0.25, -0.2) is 13.1 Å². The van der Waals surface area contributed by atoms with Crippen LogP contribution in [0.15, 0.2) is 53.3 Å². The van der Waals surface area contributed by atoms with Gasteiger partial charge < -0.3 is 5.32 Å². The Morgan fingerprint density at radius 2 is 1.95 bits per heavy atom. The summed E-state index contributed by atoms with van der Waals surface area (Å²) in [6.45, 7) is 0.259. The number of aromatic nitrogens is 1. The fourth-order valence-corrected chi connectivity index (χ4v) is 2.70. The van der Waals surface area contributed by atoms with Gasteiger partial charge in [0.1, 0.15) is 0 Å². The second-order valence-electron chi connectivity index (χ2n) is 4.62. The van der Waals surface area contributed by atoms with E-state index in [1.807, 2.05) is 36.4 Å². The topological polar surface area (TPSA) is 71.1 Å². The second kappa shape index (κ2) is 7.02. The molecular weight excluding hydrogens is 354 g/mol. The molecule has 0 bridgehead atoms. The van der Waals surface area contributed by atoms with Gasteiger partial charge in [0.2, 0.25) is 10.0 Å². The molecule has 1 heterocycles. The molecule has 112 valence electrons. The van der Waals surface area contributed by atoms with E-state index < -0.39 is 10.0 Å². The normalized spacial score (nSPS) is 12.9. The molecule has 0 spiro atoms. The van der Waals surface area contributed by atoms with Crippen LogP contribution in [0.1, 0.15) is 11.6 Å². The van der Waals surface area contributed by atoms with E-state index in [0.29, 0.717) is 0 Å². The number of nitrogens with zero attached hydrogens (tertiary/aromatic N) is 1. The van der Waals surface area contributed by atoms with Crippen LogP contribution in [0.3, 0.4) is 0 Å². The summed E-state index contributed by atoms with van der Waals surface area (Å²) in [5.74, 6) is 0. The molecule has 0 aliphatic carbocycles. The summed E-state index contributed by atoms with van der Waals surface area (Å²) in [5, 5.41) is 3.29. The van der Waals surface area contributed by atoms with Crippen molar-refractivity contribution >= 4 is 31.6 Å². The van der Waals surface area contributed by atoms with Crippen molar-refractivity contribution in [2.24, 2.45) is 0 Å². The van der Waals surface area contributed by atoms with E-state index in [-0.39, 0.29) is 12.6 Å². The largest absolute Gasteiger partial charge is 0.376 e. The molecule has 5 nitrogen and oxygen atoms in total. The Labute approximate surface area is 133 Å². The van der Waals surface area contributed by atoms with Gasteiger partial charge in [-0.3, -0.25) is 4.98 Å². The summed E-state index contributed by atoms with van der Waals surface area (Å²) >= 11 is 3.37. The SMILES string of the molecule is CS(=O)(=O)NC[C@@H](Nc1cncc(Br)c1)c1ccccc1. The van der Waals surface area contributed by atoms with Crippen molar-refractivity contribution < 1.29 is 8.42 Å². The minimum Gasteiger partial charge on any atom is -0.376 e. The number of rotatable bonds is 6. The molecule has 2 rings (SSSR count). The van der Waals surface area contributed by atoms with Gasteiger partial charge in [-0.05, 0) is 27.6 Å². The van der Waals surface area contributed by atoms with Crippen LogP contribution >= 0.6 is 15.9 Å². The molecule has 0 unspecified atom stereocenters. The molecule has 2 N–H and O–H groups in total. The van der Waals surface area contributed by atoms with Crippen molar-refractivity contribution in [2.45, 2.75) is 6.04 Å². The molecule has 0 fully saturated rings. The monoisotopic (exact) mass is 369 g/mol. The van der Waals surface area contributed by atoms with Gasteiger partial charge in [0.05, 0.1) is 24.2 Å². The number of sulfonamides is 1. The van der Waals surface area contributed by atoms with Crippen LogP contribution in [0.4, 0.5) is 5.69 Å². The third-order valence-corrected chi connectivity index (χ3v) is 3.92. The van der Waals surface area contributed by atoms with Crippen molar-refractivity contribution in [3.8, 4) is 0 Å². The molecule has 21 heavy (non-hydrogen) atoms. The minimum atomic E-state index is -3.24. The Hall–Kier alpha value is -1.44. The highest BCUT2D eigenvalue weighted by Crippen LogP contribution is 2.21. The molecule has 7 heteroatoms. The standard InChI is InChI=1S/C14H16BrN3O2S/c1-21(19,20)17-10-14(11-5-3-2-4-6-11)18-13-7-12(15)8-16-9-13/h2-9,14,17-18H,10H2,1H3/t14-/m1/s1. The lowest BCUT2D eigenvalue weighted by atomic mass is 10.1. The maximum Gasteiger partial charge on any atom is 0.208 e. The molecule has 2 aromatic rings. The molecule has 1 atom stereocenters. The molecule has 0 radical (unpaired) electrons. The molecule has 0 aliphatic heterocycles. The lowest BCUT2D eigenvalue weighted by Gasteiger charge is -2.20. The van der Waals surface area contributed by atoms with Crippen LogP contribution in [0.25, 0.3) is 0 Å². The van der Waals surface area contributed by atoms with Gasteiger partial charge in [-0.1, -0.05) is 30.3 Å². The first kappa shape index (κ1) is 15.9. The zero-order chi connectivity index (χ0) is 15.3. The Bertz CT molecular complexity index is 692. The first-order valence-corrected chi connectivity index (χ1v) is 8.99. The van der Waals surface area contributed by atoms with E-state index in [2.05, 4.69) is 31.0 Å². The molecule has 1 aromatic carbocycles. The first-order valence-electron chi connectivity index (χ1n) is 6.31. The van der Waals surface area contributed by atoms with Gasteiger partial charge in [0.15, 0.2) is 0 Å². The Morgan fingerprint density at radius 3 is 2.57 bits per heavy atom. The van der Waals surface area contributed by atoms with Crippen LogP contribution in [-0.2, 0) is 10.0 Å². The summed E-state index contributed by atoms with van der Waals surface area (Å²) in [6, 6.07) is 11.4.